The molecule has 5 nitrogen and oxygen atoms in total. The SMILES string of the molecule is Cc1ccc(NC(=O)Cn2cnc3c(sc4ccccc43)c2=O)cc1F. The zero-order valence-electron chi connectivity index (χ0n) is 13.8. The van der Waals surface area contributed by atoms with Gasteiger partial charge >= 0.3 is 0 Å². The molecule has 0 unspecified atom stereocenters. The van der Waals surface area contributed by atoms with Crippen LogP contribution >= 0.6 is 11.3 Å². The van der Waals surface area contributed by atoms with Gasteiger partial charge in [0.15, 0.2) is 0 Å². The first kappa shape index (κ1) is 16.4. The van der Waals surface area contributed by atoms with Gasteiger partial charge in [-0.3, -0.25) is 14.2 Å². The van der Waals surface area contributed by atoms with E-state index in [-0.39, 0.29) is 12.1 Å². The van der Waals surface area contributed by atoms with Crippen molar-refractivity contribution < 1.29 is 9.18 Å². The van der Waals surface area contributed by atoms with Crippen molar-refractivity contribution in [3.05, 3.63) is 70.5 Å². The molecule has 0 aliphatic heterocycles. The third kappa shape index (κ3) is 2.86. The number of hydrogen-bond acceptors (Lipinski definition) is 4. The zero-order valence-corrected chi connectivity index (χ0v) is 14.6. The predicted molar refractivity (Wildman–Crippen MR) is 101 cm³/mol. The van der Waals surface area contributed by atoms with Gasteiger partial charge in [-0.2, -0.15) is 0 Å². The second kappa shape index (κ2) is 6.34. The average molecular weight is 367 g/mol. The molecule has 0 spiro atoms. The van der Waals surface area contributed by atoms with Gasteiger partial charge in [0.25, 0.3) is 5.56 Å². The Morgan fingerprint density at radius 2 is 2.08 bits per heavy atom. The highest BCUT2D eigenvalue weighted by Gasteiger charge is 2.13. The number of halogens is 1. The summed E-state index contributed by atoms with van der Waals surface area (Å²) in [4.78, 5) is 29.2. The van der Waals surface area contributed by atoms with Gasteiger partial charge in [-0.1, -0.05) is 24.3 Å². The summed E-state index contributed by atoms with van der Waals surface area (Å²) in [5.41, 5.74) is 1.23. The van der Waals surface area contributed by atoms with E-state index in [1.165, 1.54) is 28.3 Å². The summed E-state index contributed by atoms with van der Waals surface area (Å²) in [6.45, 7) is 1.46. The van der Waals surface area contributed by atoms with Crippen LogP contribution in [-0.2, 0) is 11.3 Å². The fourth-order valence-electron chi connectivity index (χ4n) is 2.75. The molecule has 2 aromatic heterocycles. The Hall–Kier alpha value is -3.06. The molecule has 0 atom stereocenters. The lowest BCUT2D eigenvalue weighted by Gasteiger charge is -2.08. The first-order valence-electron chi connectivity index (χ1n) is 7.95. The maximum atomic E-state index is 13.6. The fraction of sp³-hybridized carbons (Fsp3) is 0.105. The number of benzene rings is 2. The number of aromatic nitrogens is 2. The van der Waals surface area contributed by atoms with Gasteiger partial charge in [0.05, 0.1) is 11.8 Å². The molecule has 0 saturated carbocycles. The van der Waals surface area contributed by atoms with Crippen molar-refractivity contribution in [1.82, 2.24) is 9.55 Å². The maximum Gasteiger partial charge on any atom is 0.271 e. The summed E-state index contributed by atoms with van der Waals surface area (Å²) in [6, 6.07) is 12.1. The Kier molecular flexibility index (Phi) is 4.00. The van der Waals surface area contributed by atoms with Crippen LogP contribution in [0.2, 0.25) is 0 Å². The van der Waals surface area contributed by atoms with Crippen LogP contribution in [0.1, 0.15) is 5.56 Å². The van der Waals surface area contributed by atoms with Gasteiger partial charge in [0.2, 0.25) is 5.91 Å². The first-order valence-corrected chi connectivity index (χ1v) is 8.77. The van der Waals surface area contributed by atoms with Crippen LogP contribution in [-0.4, -0.2) is 15.5 Å². The minimum atomic E-state index is -0.419. The monoisotopic (exact) mass is 367 g/mol. The second-order valence-corrected chi connectivity index (χ2v) is 7.02. The Labute approximate surface area is 151 Å². The highest BCUT2D eigenvalue weighted by molar-refractivity contribution is 7.25. The van der Waals surface area contributed by atoms with Gasteiger partial charge in [0.1, 0.15) is 17.1 Å². The van der Waals surface area contributed by atoms with E-state index in [4.69, 9.17) is 0 Å². The van der Waals surface area contributed by atoms with Crippen molar-refractivity contribution in [3.63, 3.8) is 0 Å². The Bertz CT molecular complexity index is 1210. The van der Waals surface area contributed by atoms with Gasteiger partial charge in [-0.15, -0.1) is 11.3 Å². The summed E-state index contributed by atoms with van der Waals surface area (Å²) in [5, 5.41) is 3.52. The van der Waals surface area contributed by atoms with Gasteiger partial charge in [-0.05, 0) is 30.7 Å². The quantitative estimate of drug-likeness (QED) is 0.601. The Morgan fingerprint density at radius 1 is 1.27 bits per heavy atom. The minimum Gasteiger partial charge on any atom is -0.324 e. The van der Waals surface area contributed by atoms with Crippen LogP contribution in [0.3, 0.4) is 0 Å². The van der Waals surface area contributed by atoms with E-state index in [9.17, 15) is 14.0 Å². The number of rotatable bonds is 3. The van der Waals surface area contributed by atoms with Crippen molar-refractivity contribution >= 4 is 43.2 Å². The molecule has 130 valence electrons. The van der Waals surface area contributed by atoms with Crippen LogP contribution in [0.15, 0.2) is 53.6 Å². The second-order valence-electron chi connectivity index (χ2n) is 5.97. The van der Waals surface area contributed by atoms with Crippen molar-refractivity contribution in [3.8, 4) is 0 Å². The standard InChI is InChI=1S/C19H14FN3O2S/c1-11-6-7-12(8-14(11)20)22-16(24)9-23-10-21-17-13-4-2-3-5-15(13)26-18(17)19(23)25/h2-8,10H,9H2,1H3,(H,22,24). The number of fused-ring (bicyclic) bond motifs is 3. The van der Waals surface area contributed by atoms with Crippen LogP contribution in [0.25, 0.3) is 20.3 Å². The van der Waals surface area contributed by atoms with Crippen molar-refractivity contribution in [2.75, 3.05) is 5.32 Å². The molecule has 0 aliphatic carbocycles. The molecule has 4 aromatic rings. The van der Waals surface area contributed by atoms with E-state index in [2.05, 4.69) is 10.3 Å². The van der Waals surface area contributed by atoms with Crippen molar-refractivity contribution in [1.29, 1.82) is 0 Å². The lowest BCUT2D eigenvalue weighted by atomic mass is 10.2. The zero-order chi connectivity index (χ0) is 18.3. The molecule has 0 saturated heterocycles. The molecule has 0 fully saturated rings. The molecular weight excluding hydrogens is 353 g/mol. The Balaban J connectivity index is 1.63. The molecule has 7 heteroatoms. The molecule has 26 heavy (non-hydrogen) atoms. The predicted octanol–water partition coefficient (Wildman–Crippen LogP) is 3.70. The van der Waals surface area contributed by atoms with E-state index in [1.54, 1.807) is 19.1 Å². The highest BCUT2D eigenvalue weighted by Crippen LogP contribution is 2.29. The molecule has 4 rings (SSSR count). The van der Waals surface area contributed by atoms with E-state index in [0.717, 1.165) is 10.1 Å². The minimum absolute atomic E-state index is 0.189. The van der Waals surface area contributed by atoms with Crippen LogP contribution in [0.4, 0.5) is 10.1 Å². The molecule has 1 N–H and O–H groups in total. The van der Waals surface area contributed by atoms with Crippen LogP contribution in [0.5, 0.6) is 0 Å². The van der Waals surface area contributed by atoms with E-state index < -0.39 is 11.7 Å². The first-order chi connectivity index (χ1) is 12.5. The summed E-state index contributed by atoms with van der Waals surface area (Å²) < 4.78 is 16.3. The number of amides is 1. The summed E-state index contributed by atoms with van der Waals surface area (Å²) in [6.07, 6.45) is 1.37. The number of anilines is 1. The van der Waals surface area contributed by atoms with Crippen molar-refractivity contribution in [2.45, 2.75) is 13.5 Å². The molecule has 0 bridgehead atoms. The van der Waals surface area contributed by atoms with Gasteiger partial charge in [0, 0.05) is 15.8 Å². The molecule has 1 amide bonds. The van der Waals surface area contributed by atoms with E-state index >= 15 is 0 Å². The lowest BCUT2D eigenvalue weighted by molar-refractivity contribution is -0.116. The normalized spacial score (nSPS) is 11.2. The highest BCUT2D eigenvalue weighted by atomic mass is 32.1. The average Bonchev–Trinajstić information content (AvgIpc) is 3.00. The topological polar surface area (TPSA) is 64.0 Å². The number of nitrogens with one attached hydrogen (secondary N) is 1. The molecule has 0 radical (unpaired) electrons. The summed E-state index contributed by atoms with van der Waals surface area (Å²) in [5.74, 6) is -0.814. The van der Waals surface area contributed by atoms with E-state index in [1.807, 2.05) is 24.3 Å². The molecule has 2 heterocycles. The van der Waals surface area contributed by atoms with Gasteiger partial charge in [-0.25, -0.2) is 9.37 Å². The summed E-state index contributed by atoms with van der Waals surface area (Å²) >= 11 is 1.36. The van der Waals surface area contributed by atoms with Crippen molar-refractivity contribution in [2.24, 2.45) is 0 Å². The number of aryl methyl sites for hydroxylation is 1. The van der Waals surface area contributed by atoms with E-state index in [0.29, 0.717) is 21.5 Å². The smallest absolute Gasteiger partial charge is 0.271 e. The third-order valence-electron chi connectivity index (χ3n) is 4.12. The molecular formula is C19H14FN3O2S. The molecule has 0 aliphatic rings. The number of carbonyl (C=O) groups excluding carboxylic acids is 1. The molecule has 2 aromatic carbocycles. The maximum absolute atomic E-state index is 13.6. The number of hydrogen-bond donors (Lipinski definition) is 1. The third-order valence-corrected chi connectivity index (χ3v) is 5.27. The fourth-order valence-corrected chi connectivity index (χ4v) is 3.86. The van der Waals surface area contributed by atoms with Gasteiger partial charge < -0.3 is 5.32 Å². The lowest BCUT2D eigenvalue weighted by Crippen LogP contribution is -2.27. The number of thiophene rings is 1. The van der Waals surface area contributed by atoms with Crippen LogP contribution in [0, 0.1) is 12.7 Å². The summed E-state index contributed by atoms with van der Waals surface area (Å²) in [7, 11) is 0. The number of carbonyl (C=O) groups is 1. The number of nitrogens with zero attached hydrogens (tertiary/aromatic N) is 2. The largest absolute Gasteiger partial charge is 0.324 e. The Morgan fingerprint density at radius 3 is 2.88 bits per heavy atom. The van der Waals surface area contributed by atoms with Crippen LogP contribution < -0.4 is 10.9 Å².